The second-order valence-corrected chi connectivity index (χ2v) is 29.9. The number of carbonyl (C=O) groups excluding carboxylic acids is 4. The lowest BCUT2D eigenvalue weighted by Gasteiger charge is -2.21. The molecule has 0 rings (SSSR count). The van der Waals surface area contributed by atoms with Crippen LogP contribution in [0.5, 0.6) is 0 Å². The van der Waals surface area contributed by atoms with Crippen LogP contribution in [0.25, 0.3) is 0 Å². The van der Waals surface area contributed by atoms with Crippen LogP contribution in [-0.2, 0) is 65.4 Å². The Morgan fingerprint density at radius 2 is 0.581 bits per heavy atom. The molecule has 0 bridgehead atoms. The summed E-state index contributed by atoms with van der Waals surface area (Å²) in [5.41, 5.74) is 0. The number of phosphoric ester groups is 2. The first-order chi connectivity index (χ1) is 44.9. The number of aliphatic hydroxyl groups excluding tert-OH is 1. The van der Waals surface area contributed by atoms with Crippen LogP contribution in [-0.4, -0.2) is 96.7 Å². The standard InChI is InChI=1S/C74H140O17P2/c1-7-9-11-13-15-16-17-18-21-25-28-33-39-45-51-57-72(77)85-63-70(91-73(78)58-52-46-40-34-29-26-23-20-19-22-24-27-31-37-42-48-54-66(3)4)65-89-93(82,83)87-61-68(75)60-86-92(80,81)88-64-69(62-84-71(76)56-50-44-36-14-12-10-8-2)90-74(79)59-53-47-41-35-30-32-38-43-49-55-67(5)6/h16-18,21,66-70,75H,7-15,19-20,22-65H2,1-6H3,(H,80,81)(H,82,83)/b17-16-,21-18-/t68-,69+,70+/m0/s1. The molecule has 0 aromatic rings. The van der Waals surface area contributed by atoms with Crippen LogP contribution in [0.4, 0.5) is 0 Å². The van der Waals surface area contributed by atoms with Crippen molar-refractivity contribution in [1.82, 2.24) is 0 Å². The molecular formula is C74H140O17P2. The fourth-order valence-electron chi connectivity index (χ4n) is 10.8. The Hall–Kier alpha value is -2.46. The minimum absolute atomic E-state index is 0.101. The normalized spacial score (nSPS) is 14.2. The second kappa shape index (κ2) is 65.5. The predicted molar refractivity (Wildman–Crippen MR) is 377 cm³/mol. The molecule has 0 amide bonds. The molecule has 0 aromatic heterocycles. The molecule has 0 aliphatic heterocycles. The largest absolute Gasteiger partial charge is 0.472 e. The number of unbranched alkanes of at least 4 members (excludes halogenated alkanes) is 38. The average molecular weight is 1360 g/mol. The van der Waals surface area contributed by atoms with Crippen LogP contribution < -0.4 is 0 Å². The van der Waals surface area contributed by atoms with Gasteiger partial charge in [0, 0.05) is 25.7 Å². The van der Waals surface area contributed by atoms with E-state index in [0.717, 1.165) is 134 Å². The lowest BCUT2D eigenvalue weighted by molar-refractivity contribution is -0.161. The highest BCUT2D eigenvalue weighted by molar-refractivity contribution is 7.47. The molecule has 0 aliphatic rings. The SMILES string of the molecule is CCCCCC/C=C\C=C/CCCCCCCC(=O)OC[C@H](COP(=O)(O)OC[C@@H](O)COP(=O)(O)OC[C@@H](COC(=O)CCCCCCCCC)OC(=O)CCCCCCCCCCCC(C)C)OC(=O)CCCCCCCCCCCCCCCCCCC(C)C. The summed E-state index contributed by atoms with van der Waals surface area (Å²) in [4.78, 5) is 72.5. The number of ether oxygens (including phenoxy) is 4. The summed E-state index contributed by atoms with van der Waals surface area (Å²) in [5.74, 6) is -0.612. The van der Waals surface area contributed by atoms with E-state index in [1.165, 1.54) is 141 Å². The first-order valence-corrected chi connectivity index (χ1v) is 40.8. The number of carbonyl (C=O) groups is 4. The van der Waals surface area contributed by atoms with Crippen molar-refractivity contribution in [3.8, 4) is 0 Å². The Morgan fingerprint density at radius 3 is 0.882 bits per heavy atom. The van der Waals surface area contributed by atoms with Gasteiger partial charge in [-0.15, -0.1) is 0 Å². The average Bonchev–Trinajstić information content (AvgIpc) is 1.66. The molecule has 0 saturated heterocycles. The van der Waals surface area contributed by atoms with Crippen molar-refractivity contribution in [1.29, 1.82) is 0 Å². The molecule has 0 saturated carbocycles. The molecule has 0 radical (unpaired) electrons. The van der Waals surface area contributed by atoms with E-state index in [2.05, 4.69) is 65.8 Å². The first-order valence-electron chi connectivity index (χ1n) is 37.8. The van der Waals surface area contributed by atoms with Crippen molar-refractivity contribution in [2.24, 2.45) is 11.8 Å². The summed E-state index contributed by atoms with van der Waals surface area (Å²) in [5, 5.41) is 10.6. The third-order valence-corrected chi connectivity index (χ3v) is 18.5. The van der Waals surface area contributed by atoms with Crippen LogP contribution in [0.1, 0.15) is 356 Å². The number of hydrogen-bond donors (Lipinski definition) is 3. The van der Waals surface area contributed by atoms with Crippen molar-refractivity contribution in [2.75, 3.05) is 39.6 Å². The van der Waals surface area contributed by atoms with Crippen molar-refractivity contribution in [3.63, 3.8) is 0 Å². The number of phosphoric acid groups is 2. The van der Waals surface area contributed by atoms with Crippen LogP contribution >= 0.6 is 15.6 Å². The Labute approximate surface area is 567 Å². The van der Waals surface area contributed by atoms with E-state index in [4.69, 9.17) is 37.0 Å². The molecule has 17 nitrogen and oxygen atoms in total. The Morgan fingerprint density at radius 1 is 0.333 bits per heavy atom. The molecule has 548 valence electrons. The van der Waals surface area contributed by atoms with Crippen molar-refractivity contribution < 1.29 is 80.2 Å². The van der Waals surface area contributed by atoms with E-state index < -0.39 is 97.5 Å². The molecule has 3 N–H and O–H groups in total. The zero-order chi connectivity index (χ0) is 68.6. The molecule has 93 heavy (non-hydrogen) atoms. The molecule has 0 aromatic carbocycles. The van der Waals surface area contributed by atoms with Gasteiger partial charge in [0.1, 0.15) is 19.3 Å². The number of esters is 4. The van der Waals surface area contributed by atoms with Gasteiger partial charge in [0.05, 0.1) is 26.4 Å². The van der Waals surface area contributed by atoms with Crippen LogP contribution in [0.3, 0.4) is 0 Å². The van der Waals surface area contributed by atoms with Gasteiger partial charge < -0.3 is 33.8 Å². The molecule has 0 fully saturated rings. The Balaban J connectivity index is 5.23. The molecule has 0 aliphatic carbocycles. The molecular weight excluding hydrogens is 1220 g/mol. The van der Waals surface area contributed by atoms with Crippen molar-refractivity contribution in [2.45, 2.75) is 374 Å². The highest BCUT2D eigenvalue weighted by atomic mass is 31.2. The van der Waals surface area contributed by atoms with E-state index in [1.54, 1.807) is 0 Å². The van der Waals surface area contributed by atoms with Crippen LogP contribution in [0, 0.1) is 11.8 Å². The maximum atomic E-state index is 13.1. The highest BCUT2D eigenvalue weighted by Gasteiger charge is 2.30. The van der Waals surface area contributed by atoms with Gasteiger partial charge in [0.25, 0.3) is 0 Å². The van der Waals surface area contributed by atoms with Crippen molar-refractivity contribution in [3.05, 3.63) is 24.3 Å². The lowest BCUT2D eigenvalue weighted by Crippen LogP contribution is -2.30. The summed E-state index contributed by atoms with van der Waals surface area (Å²) in [6.45, 7) is 9.47. The van der Waals surface area contributed by atoms with E-state index in [-0.39, 0.29) is 25.7 Å². The molecule has 19 heteroatoms. The monoisotopic (exact) mass is 1360 g/mol. The smallest absolute Gasteiger partial charge is 0.462 e. The minimum atomic E-state index is -4.96. The van der Waals surface area contributed by atoms with Gasteiger partial charge in [-0.25, -0.2) is 9.13 Å². The van der Waals surface area contributed by atoms with Gasteiger partial charge >= 0.3 is 39.5 Å². The van der Waals surface area contributed by atoms with Gasteiger partial charge in [0.15, 0.2) is 12.2 Å². The number of rotatable bonds is 71. The van der Waals surface area contributed by atoms with Gasteiger partial charge in [0.2, 0.25) is 0 Å². The summed E-state index contributed by atoms with van der Waals surface area (Å²) < 4.78 is 68.3. The summed E-state index contributed by atoms with van der Waals surface area (Å²) in [6.07, 6.45) is 55.1. The molecule has 2 unspecified atom stereocenters. The third-order valence-electron chi connectivity index (χ3n) is 16.6. The predicted octanol–water partition coefficient (Wildman–Crippen LogP) is 21.1. The fraction of sp³-hybridized carbons (Fsp3) is 0.892. The highest BCUT2D eigenvalue weighted by Crippen LogP contribution is 2.45. The summed E-state index contributed by atoms with van der Waals surface area (Å²) in [6, 6.07) is 0. The summed E-state index contributed by atoms with van der Waals surface area (Å²) >= 11 is 0. The fourth-order valence-corrected chi connectivity index (χ4v) is 12.3. The van der Waals surface area contributed by atoms with Gasteiger partial charge in [-0.1, -0.05) is 303 Å². The number of aliphatic hydroxyl groups is 1. The Bertz CT molecular complexity index is 1900. The topological polar surface area (TPSA) is 237 Å². The van der Waals surface area contributed by atoms with Gasteiger partial charge in [-0.05, 0) is 63.2 Å². The second-order valence-electron chi connectivity index (χ2n) is 27.0. The van der Waals surface area contributed by atoms with E-state index in [9.17, 15) is 43.2 Å². The Kier molecular flexibility index (Phi) is 63.7. The first kappa shape index (κ1) is 90.5. The molecule has 0 heterocycles. The molecule has 5 atom stereocenters. The zero-order valence-corrected chi connectivity index (χ0v) is 61.8. The quantitative estimate of drug-likeness (QED) is 0.0169. The third kappa shape index (κ3) is 67.9. The lowest BCUT2D eigenvalue weighted by atomic mass is 10.0. The van der Waals surface area contributed by atoms with E-state index in [1.807, 2.05) is 0 Å². The van der Waals surface area contributed by atoms with Crippen LogP contribution in [0.15, 0.2) is 24.3 Å². The maximum Gasteiger partial charge on any atom is 0.472 e. The zero-order valence-electron chi connectivity index (χ0n) is 60.0. The summed E-state index contributed by atoms with van der Waals surface area (Å²) in [7, 11) is -9.91. The number of hydrogen-bond acceptors (Lipinski definition) is 15. The molecule has 0 spiro atoms. The van der Waals surface area contributed by atoms with Crippen LogP contribution in [0.2, 0.25) is 0 Å². The number of allylic oxidation sites excluding steroid dienone is 4. The van der Waals surface area contributed by atoms with E-state index in [0.29, 0.717) is 25.7 Å². The van der Waals surface area contributed by atoms with Crippen molar-refractivity contribution >= 4 is 39.5 Å². The van der Waals surface area contributed by atoms with Gasteiger partial charge in [-0.2, -0.15) is 0 Å². The van der Waals surface area contributed by atoms with Gasteiger partial charge in [-0.3, -0.25) is 37.3 Å². The minimum Gasteiger partial charge on any atom is -0.462 e. The maximum absolute atomic E-state index is 13.1. The van der Waals surface area contributed by atoms with E-state index >= 15 is 0 Å².